The molecule has 0 bridgehead atoms. The molecule has 0 spiro atoms. The first-order valence-electron chi connectivity index (χ1n) is 7.73. The van der Waals surface area contributed by atoms with E-state index in [1.54, 1.807) is 28.0 Å². The van der Waals surface area contributed by atoms with Crippen molar-refractivity contribution in [1.29, 1.82) is 0 Å². The molecule has 0 saturated carbocycles. The Bertz CT molecular complexity index is 1070. The van der Waals surface area contributed by atoms with Gasteiger partial charge in [-0.15, -0.1) is 16.4 Å². The lowest BCUT2D eigenvalue weighted by Gasteiger charge is -2.03. The zero-order valence-electron chi connectivity index (χ0n) is 13.5. The summed E-state index contributed by atoms with van der Waals surface area (Å²) in [7, 11) is 0. The van der Waals surface area contributed by atoms with Crippen molar-refractivity contribution in [3.05, 3.63) is 74.2 Å². The summed E-state index contributed by atoms with van der Waals surface area (Å²) in [6.45, 7) is 1.95. The van der Waals surface area contributed by atoms with Crippen LogP contribution in [0.25, 0.3) is 5.65 Å². The Hall–Kier alpha value is -2.45. The van der Waals surface area contributed by atoms with Crippen LogP contribution in [0.4, 0.5) is 0 Å². The summed E-state index contributed by atoms with van der Waals surface area (Å²) >= 11 is 3.17. The first-order valence-corrected chi connectivity index (χ1v) is 9.59. The zero-order valence-corrected chi connectivity index (χ0v) is 15.1. The second kappa shape index (κ2) is 6.81. The molecule has 4 rings (SSSR count). The number of hydrogen-bond acceptors (Lipinski definition) is 6. The highest BCUT2D eigenvalue weighted by atomic mass is 32.2. The Morgan fingerprint density at radius 2 is 2.20 bits per heavy atom. The lowest BCUT2D eigenvalue weighted by atomic mass is 10.3. The van der Waals surface area contributed by atoms with Gasteiger partial charge >= 0.3 is 0 Å². The molecule has 126 valence electrons. The number of rotatable bonds is 5. The molecule has 0 aliphatic carbocycles. The standard InChI is InChI=1S/C17H15N5OS2/c1-11-4-5-15-18-12(7-16(23)22(15)9-11)10-25-17-19-14(20-21-17)8-13-3-2-6-24-13/h2-7,9H,8,10H2,1H3,(H,19,20,21). The number of fused-ring (bicyclic) bond motifs is 1. The van der Waals surface area contributed by atoms with Crippen LogP contribution in [0, 0.1) is 6.92 Å². The molecule has 4 heterocycles. The van der Waals surface area contributed by atoms with Gasteiger partial charge in [0.2, 0.25) is 5.16 Å². The third kappa shape index (κ3) is 3.64. The van der Waals surface area contributed by atoms with Crippen molar-refractivity contribution < 1.29 is 0 Å². The minimum atomic E-state index is -0.0716. The lowest BCUT2D eigenvalue weighted by molar-refractivity contribution is 0.957. The molecule has 6 nitrogen and oxygen atoms in total. The van der Waals surface area contributed by atoms with Crippen LogP contribution in [0.1, 0.15) is 22.0 Å². The largest absolute Gasteiger partial charge is 0.269 e. The summed E-state index contributed by atoms with van der Waals surface area (Å²) < 4.78 is 1.56. The maximum atomic E-state index is 12.2. The van der Waals surface area contributed by atoms with Crippen molar-refractivity contribution in [2.45, 2.75) is 24.3 Å². The van der Waals surface area contributed by atoms with Crippen LogP contribution in [0.5, 0.6) is 0 Å². The summed E-state index contributed by atoms with van der Waals surface area (Å²) in [5.74, 6) is 1.39. The molecule has 0 radical (unpaired) electrons. The second-order valence-corrected chi connectivity index (χ2v) is 7.60. The van der Waals surface area contributed by atoms with Crippen LogP contribution in [0.3, 0.4) is 0 Å². The van der Waals surface area contributed by atoms with Gasteiger partial charge < -0.3 is 0 Å². The molecule has 25 heavy (non-hydrogen) atoms. The lowest BCUT2D eigenvalue weighted by Crippen LogP contribution is -2.15. The number of aromatic amines is 1. The van der Waals surface area contributed by atoms with E-state index in [9.17, 15) is 4.79 Å². The van der Waals surface area contributed by atoms with Crippen LogP contribution in [0.15, 0.2) is 51.9 Å². The van der Waals surface area contributed by atoms with Crippen molar-refractivity contribution in [2.75, 3.05) is 0 Å². The summed E-state index contributed by atoms with van der Waals surface area (Å²) in [5.41, 5.74) is 2.33. The van der Waals surface area contributed by atoms with E-state index in [0.29, 0.717) is 16.6 Å². The Morgan fingerprint density at radius 1 is 1.28 bits per heavy atom. The van der Waals surface area contributed by atoms with E-state index in [1.807, 2.05) is 30.5 Å². The van der Waals surface area contributed by atoms with Gasteiger partial charge in [0.15, 0.2) is 0 Å². The Balaban J connectivity index is 1.48. The highest BCUT2D eigenvalue weighted by molar-refractivity contribution is 7.98. The Labute approximate surface area is 152 Å². The number of hydrogen-bond donors (Lipinski definition) is 1. The zero-order chi connectivity index (χ0) is 17.2. The van der Waals surface area contributed by atoms with E-state index in [1.165, 1.54) is 16.6 Å². The summed E-state index contributed by atoms with van der Waals surface area (Å²) in [6.07, 6.45) is 2.55. The molecular formula is C17H15N5OS2. The molecule has 0 amide bonds. The monoisotopic (exact) mass is 369 g/mol. The fourth-order valence-electron chi connectivity index (χ4n) is 2.47. The molecule has 0 fully saturated rings. The average molecular weight is 369 g/mol. The summed E-state index contributed by atoms with van der Waals surface area (Å²) in [5, 5.41) is 9.91. The number of thiophene rings is 1. The molecule has 4 aromatic heterocycles. The minimum Gasteiger partial charge on any atom is -0.269 e. The van der Waals surface area contributed by atoms with Crippen LogP contribution >= 0.6 is 23.1 Å². The molecular weight excluding hydrogens is 354 g/mol. The molecule has 0 aromatic carbocycles. The van der Waals surface area contributed by atoms with Crippen molar-refractivity contribution in [3.8, 4) is 0 Å². The molecule has 0 atom stereocenters. The highest BCUT2D eigenvalue weighted by Gasteiger charge is 2.08. The fraction of sp³-hybridized carbons (Fsp3) is 0.176. The van der Waals surface area contributed by atoms with Gasteiger partial charge in [-0.25, -0.2) is 9.97 Å². The first-order chi connectivity index (χ1) is 12.2. The van der Waals surface area contributed by atoms with Crippen molar-refractivity contribution >= 4 is 28.7 Å². The predicted octanol–water partition coefficient (Wildman–Crippen LogP) is 3.07. The predicted molar refractivity (Wildman–Crippen MR) is 99.3 cm³/mol. The summed E-state index contributed by atoms with van der Waals surface area (Å²) in [4.78, 5) is 22.5. The fourth-order valence-corrected chi connectivity index (χ4v) is 3.89. The van der Waals surface area contributed by atoms with Crippen LogP contribution in [-0.4, -0.2) is 24.6 Å². The van der Waals surface area contributed by atoms with Crippen LogP contribution in [0.2, 0.25) is 0 Å². The van der Waals surface area contributed by atoms with Gasteiger partial charge in [0.25, 0.3) is 5.56 Å². The molecule has 1 N–H and O–H groups in total. The third-order valence-corrected chi connectivity index (χ3v) is 5.40. The molecule has 0 saturated heterocycles. The van der Waals surface area contributed by atoms with Gasteiger partial charge in [0.1, 0.15) is 11.5 Å². The smallest absolute Gasteiger partial charge is 0.258 e. The van der Waals surface area contributed by atoms with Gasteiger partial charge in [-0.1, -0.05) is 23.9 Å². The number of aromatic nitrogens is 5. The SMILES string of the molecule is Cc1ccc2nc(CSc3n[nH]c(Cc4cccs4)n3)cc(=O)n2c1. The molecule has 0 aliphatic rings. The van der Waals surface area contributed by atoms with Gasteiger partial charge in [0, 0.05) is 29.3 Å². The normalized spacial score (nSPS) is 11.2. The van der Waals surface area contributed by atoms with E-state index < -0.39 is 0 Å². The Kier molecular flexibility index (Phi) is 4.37. The van der Waals surface area contributed by atoms with Gasteiger partial charge in [-0.2, -0.15) is 0 Å². The molecule has 8 heteroatoms. The number of nitrogens with one attached hydrogen (secondary N) is 1. The number of thioether (sulfide) groups is 1. The quantitative estimate of drug-likeness (QED) is 0.547. The number of pyridine rings is 1. The number of H-pyrrole nitrogens is 1. The van der Waals surface area contributed by atoms with E-state index in [-0.39, 0.29) is 5.56 Å². The van der Waals surface area contributed by atoms with E-state index in [4.69, 9.17) is 0 Å². The number of nitrogens with zero attached hydrogens (tertiary/aromatic N) is 4. The molecule has 0 aliphatic heterocycles. The summed E-state index contributed by atoms with van der Waals surface area (Å²) in [6, 6.07) is 9.48. The van der Waals surface area contributed by atoms with Gasteiger partial charge in [0.05, 0.1) is 5.69 Å². The van der Waals surface area contributed by atoms with Crippen LogP contribution < -0.4 is 5.56 Å². The Morgan fingerprint density at radius 3 is 3.04 bits per heavy atom. The van der Waals surface area contributed by atoms with Gasteiger partial charge in [-0.3, -0.25) is 14.3 Å². The van der Waals surface area contributed by atoms with E-state index >= 15 is 0 Å². The maximum absolute atomic E-state index is 12.2. The molecule has 0 unspecified atom stereocenters. The number of aryl methyl sites for hydroxylation is 1. The first kappa shape index (κ1) is 16.0. The van der Waals surface area contributed by atoms with Crippen molar-refractivity contribution in [3.63, 3.8) is 0 Å². The van der Waals surface area contributed by atoms with Crippen LogP contribution in [-0.2, 0) is 12.2 Å². The van der Waals surface area contributed by atoms with Crippen molar-refractivity contribution in [2.24, 2.45) is 0 Å². The van der Waals surface area contributed by atoms with E-state index in [2.05, 4.69) is 26.2 Å². The minimum absolute atomic E-state index is 0.0716. The van der Waals surface area contributed by atoms with Gasteiger partial charge in [-0.05, 0) is 30.0 Å². The average Bonchev–Trinajstić information content (AvgIpc) is 3.26. The van der Waals surface area contributed by atoms with E-state index in [0.717, 1.165) is 23.5 Å². The third-order valence-electron chi connectivity index (χ3n) is 3.64. The highest BCUT2D eigenvalue weighted by Crippen LogP contribution is 2.19. The topological polar surface area (TPSA) is 75.9 Å². The molecule has 4 aromatic rings. The second-order valence-electron chi connectivity index (χ2n) is 5.63. The maximum Gasteiger partial charge on any atom is 0.258 e. The van der Waals surface area contributed by atoms with Crippen molar-refractivity contribution in [1.82, 2.24) is 24.6 Å².